The van der Waals surface area contributed by atoms with Gasteiger partial charge in [0.1, 0.15) is 0 Å². The van der Waals surface area contributed by atoms with Crippen LogP contribution >= 0.6 is 0 Å². The van der Waals surface area contributed by atoms with Crippen LogP contribution in [0.3, 0.4) is 0 Å². The Labute approximate surface area is 31.3 Å². The third-order valence-electron chi connectivity index (χ3n) is 0.256. The second-order valence-electron chi connectivity index (χ2n) is 0.650. The lowest BCUT2D eigenvalue weighted by Gasteiger charge is -1.62. The molecule has 0 bridgehead atoms. The predicted octanol–water partition coefficient (Wildman–Crippen LogP) is 1.69. The molecule has 29 valence electrons. The second kappa shape index (κ2) is 3.67. The van der Waals surface area contributed by atoms with Crippen LogP contribution in [-0.2, 0) is 0 Å². The molecule has 0 fully saturated rings. The molecule has 1 heteroatoms. The summed E-state index contributed by atoms with van der Waals surface area (Å²) in [5.41, 5.74) is 0. The van der Waals surface area contributed by atoms with Gasteiger partial charge in [-0.25, -0.2) is 4.39 Å². The molecule has 0 aliphatic heterocycles. The number of halogens is 1. The van der Waals surface area contributed by atoms with Crippen molar-refractivity contribution in [1.29, 1.82) is 0 Å². The first kappa shape index (κ1) is 4.67. The molecule has 0 aromatic rings. The normalized spacial score (nSPS) is 10.0. The maximum Gasteiger partial charge on any atom is 0.0827 e. The van der Waals surface area contributed by atoms with Crippen molar-refractivity contribution in [3.05, 3.63) is 19.3 Å². The van der Waals surface area contributed by atoms with Crippen LogP contribution in [0.15, 0.2) is 12.4 Å². The number of hydrogen-bond acceptors (Lipinski definition) is 0. The summed E-state index contributed by atoms with van der Waals surface area (Å²) in [6, 6.07) is 0. The Morgan fingerprint density at radius 2 is 2.40 bits per heavy atom. The summed E-state index contributed by atoms with van der Waals surface area (Å²) in [6.45, 7) is 3.35. The summed E-state index contributed by atoms with van der Waals surface area (Å²) in [5.74, 6) is 0. The highest BCUT2D eigenvalue weighted by Crippen LogP contribution is 1.75. The standard InChI is InChI=1S/C4H6F/c1-2-3-4-5/h3-4H,1-2H2/b4-3+. The van der Waals surface area contributed by atoms with Gasteiger partial charge in [0.25, 0.3) is 0 Å². The first-order valence-electron chi connectivity index (χ1n) is 1.46. The van der Waals surface area contributed by atoms with Crippen molar-refractivity contribution in [2.24, 2.45) is 0 Å². The molecule has 1 radical (unpaired) electrons. The molecule has 0 aliphatic carbocycles. The molecule has 0 aromatic carbocycles. The third-order valence-corrected chi connectivity index (χ3v) is 0.256. The van der Waals surface area contributed by atoms with Gasteiger partial charge in [-0.3, -0.25) is 0 Å². The highest BCUT2D eigenvalue weighted by atomic mass is 19.1. The van der Waals surface area contributed by atoms with Crippen molar-refractivity contribution in [3.8, 4) is 0 Å². The minimum Gasteiger partial charge on any atom is -0.216 e. The van der Waals surface area contributed by atoms with Crippen molar-refractivity contribution in [1.82, 2.24) is 0 Å². The van der Waals surface area contributed by atoms with E-state index in [2.05, 4.69) is 6.92 Å². The van der Waals surface area contributed by atoms with Gasteiger partial charge in [0.15, 0.2) is 0 Å². The van der Waals surface area contributed by atoms with Gasteiger partial charge < -0.3 is 0 Å². The number of hydrogen-bond donors (Lipinski definition) is 0. The first-order valence-corrected chi connectivity index (χ1v) is 1.46. The van der Waals surface area contributed by atoms with Gasteiger partial charge >= 0.3 is 0 Å². The van der Waals surface area contributed by atoms with Crippen LogP contribution in [0.1, 0.15) is 6.42 Å². The molecule has 0 nitrogen and oxygen atoms in total. The minimum absolute atomic E-state index is 0.493. The zero-order valence-electron chi connectivity index (χ0n) is 2.95. The number of rotatable bonds is 1. The SMILES string of the molecule is [CH2]C/C=C/F. The van der Waals surface area contributed by atoms with Crippen LogP contribution in [0.5, 0.6) is 0 Å². The van der Waals surface area contributed by atoms with Crippen molar-refractivity contribution in [2.75, 3.05) is 0 Å². The van der Waals surface area contributed by atoms with Gasteiger partial charge in [0, 0.05) is 0 Å². The molecule has 0 saturated carbocycles. The van der Waals surface area contributed by atoms with Crippen LogP contribution in [0.25, 0.3) is 0 Å². The molecule has 0 N–H and O–H groups in total. The summed E-state index contributed by atoms with van der Waals surface area (Å²) < 4.78 is 10.8. The van der Waals surface area contributed by atoms with E-state index in [-0.39, 0.29) is 0 Å². The van der Waals surface area contributed by atoms with Crippen molar-refractivity contribution in [2.45, 2.75) is 6.42 Å². The summed E-state index contributed by atoms with van der Waals surface area (Å²) in [5, 5.41) is 0. The second-order valence-corrected chi connectivity index (χ2v) is 0.650. The highest BCUT2D eigenvalue weighted by Gasteiger charge is 1.55. The zero-order chi connectivity index (χ0) is 4.12. The average molecular weight is 73.1 g/mol. The largest absolute Gasteiger partial charge is 0.216 e. The highest BCUT2D eigenvalue weighted by molar-refractivity contribution is 4.71. The molecule has 0 spiro atoms. The maximum atomic E-state index is 10.8. The maximum absolute atomic E-state index is 10.8. The van der Waals surface area contributed by atoms with Gasteiger partial charge in [-0.2, -0.15) is 0 Å². The van der Waals surface area contributed by atoms with Crippen LogP contribution in [0, 0.1) is 6.92 Å². The van der Waals surface area contributed by atoms with Crippen molar-refractivity contribution in [3.63, 3.8) is 0 Å². The molecular formula is C4H6F. The fourth-order valence-electron chi connectivity index (χ4n) is 0.0630. The molecule has 0 aromatic heterocycles. The Hall–Kier alpha value is -0.330. The lowest BCUT2D eigenvalue weighted by atomic mass is 10.5. The first-order chi connectivity index (χ1) is 2.41. The van der Waals surface area contributed by atoms with Crippen LogP contribution < -0.4 is 0 Å². The van der Waals surface area contributed by atoms with E-state index < -0.39 is 0 Å². The summed E-state index contributed by atoms with van der Waals surface area (Å²) in [7, 11) is 0. The lowest BCUT2D eigenvalue weighted by Crippen LogP contribution is -1.43. The van der Waals surface area contributed by atoms with Crippen molar-refractivity contribution >= 4 is 0 Å². The lowest BCUT2D eigenvalue weighted by molar-refractivity contribution is 0.717. The summed E-state index contributed by atoms with van der Waals surface area (Å²) >= 11 is 0. The third kappa shape index (κ3) is 3.67. The molecular weight excluding hydrogens is 67.0 g/mol. The minimum atomic E-state index is 0.493. The van der Waals surface area contributed by atoms with Crippen LogP contribution in [-0.4, -0.2) is 0 Å². The van der Waals surface area contributed by atoms with E-state index in [1.807, 2.05) is 0 Å². The Bertz CT molecular complexity index is 30.6. The molecule has 5 heavy (non-hydrogen) atoms. The van der Waals surface area contributed by atoms with Gasteiger partial charge in [-0.05, 0) is 13.3 Å². The van der Waals surface area contributed by atoms with Gasteiger partial charge in [-0.15, -0.1) is 0 Å². The number of allylic oxidation sites excluding steroid dienone is 1. The van der Waals surface area contributed by atoms with E-state index in [9.17, 15) is 4.39 Å². The quantitative estimate of drug-likeness (QED) is 0.443. The molecule has 0 atom stereocenters. The average Bonchev–Trinajstić information content (AvgIpc) is 1.41. The Morgan fingerprint density at radius 3 is 2.40 bits per heavy atom. The van der Waals surface area contributed by atoms with E-state index in [0.29, 0.717) is 12.8 Å². The summed E-state index contributed by atoms with van der Waals surface area (Å²) in [6.07, 6.45) is 2.38. The molecule has 0 amide bonds. The fraction of sp³-hybridized carbons (Fsp3) is 0.250. The van der Waals surface area contributed by atoms with E-state index >= 15 is 0 Å². The fourth-order valence-corrected chi connectivity index (χ4v) is 0.0630. The van der Waals surface area contributed by atoms with Gasteiger partial charge in [-0.1, -0.05) is 6.08 Å². The Morgan fingerprint density at radius 1 is 1.80 bits per heavy atom. The van der Waals surface area contributed by atoms with Crippen LogP contribution in [0.4, 0.5) is 4.39 Å². The van der Waals surface area contributed by atoms with Crippen LogP contribution in [0.2, 0.25) is 0 Å². The monoisotopic (exact) mass is 73.0 g/mol. The van der Waals surface area contributed by atoms with Gasteiger partial charge in [0.2, 0.25) is 0 Å². The molecule has 0 heterocycles. The Kier molecular flexibility index (Phi) is 3.43. The predicted molar refractivity (Wildman–Crippen MR) is 20.2 cm³/mol. The summed E-state index contributed by atoms with van der Waals surface area (Å²) in [4.78, 5) is 0. The molecule has 0 unspecified atom stereocenters. The van der Waals surface area contributed by atoms with E-state index in [1.54, 1.807) is 0 Å². The van der Waals surface area contributed by atoms with E-state index in [1.165, 1.54) is 6.08 Å². The Balaban J connectivity index is 2.62. The molecule has 0 saturated heterocycles. The van der Waals surface area contributed by atoms with E-state index in [0.717, 1.165) is 0 Å². The van der Waals surface area contributed by atoms with E-state index in [4.69, 9.17) is 0 Å². The zero-order valence-corrected chi connectivity index (χ0v) is 2.95. The molecule has 0 aliphatic rings. The smallest absolute Gasteiger partial charge is 0.0827 e. The van der Waals surface area contributed by atoms with Gasteiger partial charge in [0.05, 0.1) is 6.33 Å². The van der Waals surface area contributed by atoms with Crippen molar-refractivity contribution < 1.29 is 4.39 Å². The topological polar surface area (TPSA) is 0 Å². The molecule has 0 rings (SSSR count).